The van der Waals surface area contributed by atoms with Crippen molar-refractivity contribution < 1.29 is 18.0 Å². The minimum atomic E-state index is -3.26. The Labute approximate surface area is 266 Å². The minimum Gasteiger partial charge on any atom is -0.323 e. The lowest BCUT2D eigenvalue weighted by molar-refractivity contribution is -0.112. The van der Waals surface area contributed by atoms with Gasteiger partial charge in [0.15, 0.2) is 9.84 Å². The summed E-state index contributed by atoms with van der Waals surface area (Å²) in [6.45, 7) is 6.86. The molecule has 46 heavy (non-hydrogen) atoms. The Bertz CT molecular complexity index is 2270. The molecule has 228 valence electrons. The van der Waals surface area contributed by atoms with E-state index in [2.05, 4.69) is 29.9 Å². The fourth-order valence-electron chi connectivity index (χ4n) is 4.84. The zero-order valence-corrected chi connectivity index (χ0v) is 25.7. The molecule has 2 amide bonds. The number of sulfone groups is 1. The number of carbonyl (C=O) groups is 2. The number of carbonyl (C=O) groups excluding carboxylic acids is 2. The second-order valence-corrected chi connectivity index (χ2v) is 12.2. The molecule has 10 heteroatoms. The number of benzene rings is 4. The van der Waals surface area contributed by atoms with Crippen LogP contribution in [-0.4, -0.2) is 35.6 Å². The van der Waals surface area contributed by atoms with Crippen molar-refractivity contribution in [3.05, 3.63) is 140 Å². The van der Waals surface area contributed by atoms with E-state index in [0.29, 0.717) is 11.3 Å². The van der Waals surface area contributed by atoms with Gasteiger partial charge in [0.1, 0.15) is 0 Å². The van der Waals surface area contributed by atoms with Crippen LogP contribution in [0.25, 0.3) is 33.2 Å². The van der Waals surface area contributed by atoms with E-state index in [1.165, 1.54) is 18.4 Å². The Morgan fingerprint density at radius 1 is 0.717 bits per heavy atom. The molecule has 4 aromatic carbocycles. The molecule has 2 heterocycles. The lowest BCUT2D eigenvalue weighted by Gasteiger charge is -2.08. The maximum atomic E-state index is 11.7. The summed E-state index contributed by atoms with van der Waals surface area (Å²) in [5.74, 6) is -0.500. The molecule has 0 aliphatic carbocycles. The van der Waals surface area contributed by atoms with Gasteiger partial charge in [-0.1, -0.05) is 19.2 Å². The molecule has 0 saturated heterocycles. The summed E-state index contributed by atoms with van der Waals surface area (Å²) in [5, 5.41) is 16.3. The van der Waals surface area contributed by atoms with Crippen LogP contribution in [0.4, 0.5) is 11.4 Å². The van der Waals surface area contributed by atoms with Crippen LogP contribution in [0.2, 0.25) is 0 Å². The number of hydrogen-bond donors (Lipinski definition) is 2. The van der Waals surface area contributed by atoms with Crippen LogP contribution in [-0.2, 0) is 19.4 Å². The molecular weight excluding hydrogens is 598 g/mol. The predicted octanol–water partition coefficient (Wildman–Crippen LogP) is 6.79. The van der Waals surface area contributed by atoms with Crippen molar-refractivity contribution in [1.82, 2.24) is 9.13 Å². The maximum Gasteiger partial charge on any atom is 0.247 e. The summed E-state index contributed by atoms with van der Waals surface area (Å²) in [4.78, 5) is 23.0. The molecule has 2 aromatic heterocycles. The van der Waals surface area contributed by atoms with Crippen LogP contribution in [0.3, 0.4) is 0 Å². The first-order valence-electron chi connectivity index (χ1n) is 14.0. The average Bonchev–Trinajstić information content (AvgIpc) is 3.68. The third-order valence-corrected chi connectivity index (χ3v) is 8.20. The van der Waals surface area contributed by atoms with Crippen molar-refractivity contribution in [2.45, 2.75) is 4.90 Å². The molecule has 0 bridgehead atoms. The number of amides is 2. The van der Waals surface area contributed by atoms with Gasteiger partial charge in [-0.15, -0.1) is 0 Å². The fourth-order valence-corrected chi connectivity index (χ4v) is 5.50. The van der Waals surface area contributed by atoms with E-state index < -0.39 is 9.84 Å². The highest BCUT2D eigenvalue weighted by Gasteiger charge is 2.10. The number of aromatic nitrogens is 2. The van der Waals surface area contributed by atoms with Crippen LogP contribution in [0.15, 0.2) is 140 Å². The lowest BCUT2D eigenvalue weighted by Crippen LogP contribution is -2.06. The normalized spacial score (nSPS) is 10.8. The number of nitrogens with zero attached hydrogens (tertiary/aromatic N) is 3. The quantitative estimate of drug-likeness (QED) is 0.189. The molecule has 0 saturated carbocycles. The molecule has 0 radical (unpaired) electrons. The molecule has 6 rings (SSSR count). The molecule has 0 fully saturated rings. The largest absolute Gasteiger partial charge is 0.323 e. The van der Waals surface area contributed by atoms with E-state index >= 15 is 0 Å². The second-order valence-electron chi connectivity index (χ2n) is 10.2. The second kappa shape index (κ2) is 13.2. The number of fused-ring (bicyclic) bond motifs is 2. The van der Waals surface area contributed by atoms with Crippen molar-refractivity contribution in [2.24, 2.45) is 0 Å². The molecule has 0 spiro atoms. The number of nitrogens with one attached hydrogen (secondary N) is 2. The van der Waals surface area contributed by atoms with Crippen LogP contribution in [0.1, 0.15) is 5.56 Å². The van der Waals surface area contributed by atoms with Crippen LogP contribution in [0.5, 0.6) is 0 Å². The van der Waals surface area contributed by atoms with Crippen LogP contribution < -0.4 is 10.6 Å². The van der Waals surface area contributed by atoms with E-state index in [-0.39, 0.29) is 16.7 Å². The first-order chi connectivity index (χ1) is 22.1. The first-order valence-corrected chi connectivity index (χ1v) is 15.9. The van der Waals surface area contributed by atoms with Gasteiger partial charge in [-0.2, -0.15) is 5.26 Å². The molecule has 0 aliphatic rings. The van der Waals surface area contributed by atoms with Crippen LogP contribution >= 0.6 is 0 Å². The lowest BCUT2D eigenvalue weighted by atomic mass is 10.2. The Balaban J connectivity index is 0.000000182. The van der Waals surface area contributed by atoms with Gasteiger partial charge >= 0.3 is 0 Å². The van der Waals surface area contributed by atoms with Gasteiger partial charge < -0.3 is 19.8 Å². The highest BCUT2D eigenvalue weighted by molar-refractivity contribution is 7.90. The highest BCUT2D eigenvalue weighted by Crippen LogP contribution is 2.26. The smallest absolute Gasteiger partial charge is 0.247 e. The van der Waals surface area contributed by atoms with Crippen molar-refractivity contribution in [1.29, 1.82) is 5.26 Å². The number of rotatable bonds is 7. The van der Waals surface area contributed by atoms with Gasteiger partial charge in [-0.3, -0.25) is 9.59 Å². The molecular formula is C36H29N5O4S. The van der Waals surface area contributed by atoms with Gasteiger partial charge in [0, 0.05) is 52.2 Å². The van der Waals surface area contributed by atoms with Gasteiger partial charge in [-0.25, -0.2) is 8.42 Å². The summed E-state index contributed by atoms with van der Waals surface area (Å²) in [6.07, 6.45) is 7.48. The molecule has 0 unspecified atom stereocenters. The SMILES string of the molecule is C=CC(=O)Nc1ccc2c(ccn2-c2ccc(C#N)cc2)c1.C=CC(=O)Nc1ccc2c(ccn2-c2cccc(S(C)(=O)=O)c2)c1. The summed E-state index contributed by atoms with van der Waals surface area (Å²) in [6, 6.07) is 31.4. The summed E-state index contributed by atoms with van der Waals surface area (Å²) >= 11 is 0. The highest BCUT2D eigenvalue weighted by atomic mass is 32.2. The van der Waals surface area contributed by atoms with Gasteiger partial charge in [-0.05, 0) is 103 Å². The maximum absolute atomic E-state index is 11.7. The molecule has 9 nitrogen and oxygen atoms in total. The number of anilines is 2. The molecule has 0 atom stereocenters. The van der Waals surface area contributed by atoms with Gasteiger partial charge in [0.25, 0.3) is 0 Å². The topological polar surface area (TPSA) is 126 Å². The Morgan fingerprint density at radius 3 is 1.72 bits per heavy atom. The predicted molar refractivity (Wildman–Crippen MR) is 182 cm³/mol. The fraction of sp³-hybridized carbons (Fsp3) is 0.0278. The van der Waals surface area contributed by atoms with E-state index in [9.17, 15) is 18.0 Å². The third kappa shape index (κ3) is 6.96. The zero-order chi connectivity index (χ0) is 32.8. The first kappa shape index (κ1) is 31.3. The van der Waals surface area contributed by atoms with Crippen molar-refractivity contribution >= 4 is 54.8 Å². The van der Waals surface area contributed by atoms with Crippen molar-refractivity contribution in [2.75, 3.05) is 16.9 Å². The van der Waals surface area contributed by atoms with E-state index in [1.54, 1.807) is 36.4 Å². The Kier molecular flexibility index (Phi) is 8.98. The standard InChI is InChI=1S/C18H13N3O.C18H16N2O3S/c1-2-18(22)20-15-5-8-17-14(11-15)9-10-21(17)16-6-3-13(12-19)4-7-16;1-3-18(21)19-14-7-8-17-13(11-14)9-10-20(17)15-5-4-6-16(12-15)24(2,22)23/h2-11H,1H2,(H,20,22);3-12H,1H2,2H3,(H,19,21). The van der Waals surface area contributed by atoms with Crippen molar-refractivity contribution in [3.63, 3.8) is 0 Å². The minimum absolute atomic E-state index is 0.231. The molecule has 0 aliphatic heterocycles. The van der Waals surface area contributed by atoms with E-state index in [4.69, 9.17) is 5.26 Å². The van der Waals surface area contributed by atoms with Gasteiger partial charge in [0.2, 0.25) is 11.8 Å². The Hall–Kier alpha value is -6.18. The molecule has 6 aromatic rings. The van der Waals surface area contributed by atoms with E-state index in [0.717, 1.165) is 38.9 Å². The monoisotopic (exact) mass is 627 g/mol. The molecule has 2 N–H and O–H groups in total. The summed E-state index contributed by atoms with van der Waals surface area (Å²) in [5.41, 5.74) is 5.73. The van der Waals surface area contributed by atoms with E-state index in [1.807, 2.05) is 82.2 Å². The third-order valence-electron chi connectivity index (χ3n) is 7.08. The zero-order valence-electron chi connectivity index (χ0n) is 24.8. The Morgan fingerprint density at radius 2 is 1.24 bits per heavy atom. The summed E-state index contributed by atoms with van der Waals surface area (Å²) < 4.78 is 27.4. The summed E-state index contributed by atoms with van der Waals surface area (Å²) in [7, 11) is -3.26. The van der Waals surface area contributed by atoms with Crippen LogP contribution in [0, 0.1) is 11.3 Å². The number of nitriles is 1. The van der Waals surface area contributed by atoms with Crippen molar-refractivity contribution in [3.8, 4) is 17.4 Å². The van der Waals surface area contributed by atoms with Gasteiger partial charge in [0.05, 0.1) is 27.6 Å². The number of hydrogen-bond acceptors (Lipinski definition) is 5. The average molecular weight is 628 g/mol.